The van der Waals surface area contributed by atoms with Crippen molar-refractivity contribution in [1.82, 2.24) is 4.90 Å². The van der Waals surface area contributed by atoms with Crippen LogP contribution in [0.2, 0.25) is 0 Å². The summed E-state index contributed by atoms with van der Waals surface area (Å²) in [6, 6.07) is 0.428. The van der Waals surface area contributed by atoms with Crippen molar-refractivity contribution in [3.05, 3.63) is 11.6 Å². The van der Waals surface area contributed by atoms with Crippen molar-refractivity contribution in [2.75, 3.05) is 26.3 Å². The van der Waals surface area contributed by atoms with Crippen molar-refractivity contribution in [3.8, 4) is 0 Å². The Balaban J connectivity index is 2.54. The largest absolute Gasteiger partial charge is 0.478 e. The van der Waals surface area contributed by atoms with E-state index < -0.39 is 5.97 Å². The molecule has 1 heterocycles. The van der Waals surface area contributed by atoms with Crippen LogP contribution in [0.5, 0.6) is 0 Å². The highest BCUT2D eigenvalue weighted by molar-refractivity contribution is 5.86. The second-order valence-electron chi connectivity index (χ2n) is 4.02. The minimum Gasteiger partial charge on any atom is -0.478 e. The Bertz CT molecular complexity index is 263. The molecule has 4 heteroatoms. The van der Waals surface area contributed by atoms with Crippen LogP contribution in [0.15, 0.2) is 11.6 Å². The molecule has 0 amide bonds. The molecule has 1 aliphatic heterocycles. The van der Waals surface area contributed by atoms with Crippen LogP contribution in [0.1, 0.15) is 26.7 Å². The molecule has 1 rings (SSSR count). The van der Waals surface area contributed by atoms with Gasteiger partial charge in [-0.2, -0.15) is 0 Å². The molecule has 1 fully saturated rings. The zero-order chi connectivity index (χ0) is 12.0. The van der Waals surface area contributed by atoms with Crippen LogP contribution in [0, 0.1) is 0 Å². The molecule has 0 aromatic heterocycles. The van der Waals surface area contributed by atoms with Crippen LogP contribution in [0.25, 0.3) is 0 Å². The van der Waals surface area contributed by atoms with E-state index in [4.69, 9.17) is 9.84 Å². The van der Waals surface area contributed by atoms with E-state index in [9.17, 15) is 4.79 Å². The lowest BCUT2D eigenvalue weighted by Crippen LogP contribution is -2.45. The average Bonchev–Trinajstić information content (AvgIpc) is 2.30. The van der Waals surface area contributed by atoms with Crippen LogP contribution in [-0.2, 0) is 9.53 Å². The minimum absolute atomic E-state index is 0.428. The normalized spacial score (nSPS) is 23.4. The number of morpholine rings is 1. The average molecular weight is 227 g/mol. The number of aliphatic carboxylic acids is 1. The second kappa shape index (κ2) is 6.66. The molecule has 0 spiro atoms. The summed E-state index contributed by atoms with van der Waals surface area (Å²) < 4.78 is 5.41. The van der Waals surface area contributed by atoms with Gasteiger partial charge in [-0.3, -0.25) is 4.90 Å². The Morgan fingerprint density at radius 3 is 2.88 bits per heavy atom. The van der Waals surface area contributed by atoms with Gasteiger partial charge in [0.15, 0.2) is 0 Å². The lowest BCUT2D eigenvalue weighted by Gasteiger charge is -2.34. The zero-order valence-electron chi connectivity index (χ0n) is 10.1. The van der Waals surface area contributed by atoms with E-state index in [0.717, 1.165) is 32.7 Å². The molecular formula is C12H21NO3. The van der Waals surface area contributed by atoms with Crippen molar-refractivity contribution in [1.29, 1.82) is 0 Å². The highest BCUT2D eigenvalue weighted by atomic mass is 16.5. The molecule has 0 aliphatic carbocycles. The van der Waals surface area contributed by atoms with E-state index >= 15 is 0 Å². The molecule has 0 aromatic carbocycles. The Kier molecular flexibility index (Phi) is 5.49. The minimum atomic E-state index is -0.802. The number of rotatable bonds is 5. The van der Waals surface area contributed by atoms with Gasteiger partial charge in [-0.15, -0.1) is 0 Å². The Morgan fingerprint density at radius 2 is 2.31 bits per heavy atom. The molecule has 4 nitrogen and oxygen atoms in total. The lowest BCUT2D eigenvalue weighted by molar-refractivity contribution is -0.132. The van der Waals surface area contributed by atoms with E-state index in [1.165, 1.54) is 0 Å². The quantitative estimate of drug-likeness (QED) is 0.723. The summed E-state index contributed by atoms with van der Waals surface area (Å²) in [5.41, 5.74) is 0.501. The van der Waals surface area contributed by atoms with Gasteiger partial charge in [-0.05, 0) is 12.8 Å². The lowest BCUT2D eigenvalue weighted by atomic mass is 10.1. The Labute approximate surface area is 96.9 Å². The van der Waals surface area contributed by atoms with Crippen molar-refractivity contribution >= 4 is 5.97 Å². The van der Waals surface area contributed by atoms with Gasteiger partial charge < -0.3 is 9.84 Å². The fourth-order valence-corrected chi connectivity index (χ4v) is 1.92. The van der Waals surface area contributed by atoms with E-state index in [-0.39, 0.29) is 0 Å². The van der Waals surface area contributed by atoms with E-state index in [0.29, 0.717) is 18.0 Å². The molecule has 1 atom stereocenters. The van der Waals surface area contributed by atoms with Gasteiger partial charge in [-0.25, -0.2) is 4.79 Å². The van der Waals surface area contributed by atoms with Crippen molar-refractivity contribution in [2.45, 2.75) is 32.7 Å². The molecule has 1 aliphatic rings. The number of hydrogen-bond donors (Lipinski definition) is 1. The Morgan fingerprint density at radius 1 is 1.56 bits per heavy atom. The predicted octanol–water partition coefficient (Wildman–Crippen LogP) is 1.52. The third-order valence-electron chi connectivity index (χ3n) is 3.05. The van der Waals surface area contributed by atoms with Gasteiger partial charge in [0, 0.05) is 24.7 Å². The molecule has 0 saturated carbocycles. The van der Waals surface area contributed by atoms with E-state index in [1.54, 1.807) is 0 Å². The first kappa shape index (κ1) is 13.2. The molecule has 0 bridgehead atoms. The van der Waals surface area contributed by atoms with Gasteiger partial charge in [0.05, 0.1) is 13.2 Å². The summed E-state index contributed by atoms with van der Waals surface area (Å²) in [4.78, 5) is 13.1. The third-order valence-corrected chi connectivity index (χ3v) is 3.05. The van der Waals surface area contributed by atoms with Crippen LogP contribution in [0.4, 0.5) is 0 Å². The number of carboxylic acids is 1. The van der Waals surface area contributed by atoms with Crippen LogP contribution >= 0.6 is 0 Å². The summed E-state index contributed by atoms with van der Waals surface area (Å²) in [6.45, 7) is 7.13. The first-order valence-corrected chi connectivity index (χ1v) is 5.93. The standard InChI is InChI=1S/C12H21NO3/c1-3-10(12(14)15)5-6-13-7-8-16-9-11(13)4-2/h5,11H,3-4,6-9H2,1-2H3,(H,14,15). The Hall–Kier alpha value is -0.870. The summed E-state index contributed by atoms with van der Waals surface area (Å²) in [7, 11) is 0. The number of nitrogens with zero attached hydrogens (tertiary/aromatic N) is 1. The number of carboxylic acid groups (broad SMARTS) is 1. The van der Waals surface area contributed by atoms with Crippen LogP contribution in [-0.4, -0.2) is 48.3 Å². The summed E-state index contributed by atoms with van der Waals surface area (Å²) in [5, 5.41) is 8.91. The molecule has 16 heavy (non-hydrogen) atoms. The molecule has 0 radical (unpaired) electrons. The topological polar surface area (TPSA) is 49.8 Å². The highest BCUT2D eigenvalue weighted by Gasteiger charge is 2.20. The molecule has 0 aromatic rings. The number of hydrogen-bond acceptors (Lipinski definition) is 3. The van der Waals surface area contributed by atoms with Gasteiger partial charge in [-0.1, -0.05) is 19.9 Å². The van der Waals surface area contributed by atoms with Gasteiger partial charge in [0.1, 0.15) is 0 Å². The van der Waals surface area contributed by atoms with E-state index in [1.807, 2.05) is 13.0 Å². The van der Waals surface area contributed by atoms with E-state index in [2.05, 4.69) is 11.8 Å². The van der Waals surface area contributed by atoms with Crippen molar-refractivity contribution in [2.24, 2.45) is 0 Å². The third kappa shape index (κ3) is 3.61. The molecular weight excluding hydrogens is 206 g/mol. The predicted molar refractivity (Wildman–Crippen MR) is 62.5 cm³/mol. The highest BCUT2D eigenvalue weighted by Crippen LogP contribution is 2.11. The smallest absolute Gasteiger partial charge is 0.331 e. The van der Waals surface area contributed by atoms with Crippen LogP contribution in [0.3, 0.4) is 0 Å². The summed E-state index contributed by atoms with van der Waals surface area (Å²) in [5.74, 6) is -0.802. The molecule has 92 valence electrons. The number of carbonyl (C=O) groups is 1. The fourth-order valence-electron chi connectivity index (χ4n) is 1.92. The second-order valence-corrected chi connectivity index (χ2v) is 4.02. The van der Waals surface area contributed by atoms with Gasteiger partial charge >= 0.3 is 5.97 Å². The maximum atomic E-state index is 10.8. The first-order valence-electron chi connectivity index (χ1n) is 5.93. The maximum Gasteiger partial charge on any atom is 0.331 e. The molecule has 1 N–H and O–H groups in total. The zero-order valence-corrected chi connectivity index (χ0v) is 10.1. The fraction of sp³-hybridized carbons (Fsp3) is 0.750. The SMILES string of the molecule is CCC(=CCN1CCOCC1CC)C(=O)O. The van der Waals surface area contributed by atoms with Gasteiger partial charge in [0.25, 0.3) is 0 Å². The summed E-state index contributed by atoms with van der Waals surface area (Å²) in [6.07, 6.45) is 3.45. The maximum absolute atomic E-state index is 10.8. The van der Waals surface area contributed by atoms with Crippen molar-refractivity contribution < 1.29 is 14.6 Å². The van der Waals surface area contributed by atoms with Crippen molar-refractivity contribution in [3.63, 3.8) is 0 Å². The summed E-state index contributed by atoms with van der Waals surface area (Å²) >= 11 is 0. The first-order chi connectivity index (χ1) is 7.69. The van der Waals surface area contributed by atoms with Gasteiger partial charge in [0.2, 0.25) is 0 Å². The molecule has 1 saturated heterocycles. The monoisotopic (exact) mass is 227 g/mol. The van der Waals surface area contributed by atoms with Crippen LogP contribution < -0.4 is 0 Å². The molecule has 1 unspecified atom stereocenters. The number of ether oxygens (including phenoxy) is 1.